The minimum atomic E-state index is -0.471. The van der Waals surface area contributed by atoms with Gasteiger partial charge in [-0.1, -0.05) is 6.07 Å². The Hall–Kier alpha value is -3.44. The summed E-state index contributed by atoms with van der Waals surface area (Å²) in [5.41, 5.74) is 4.16. The van der Waals surface area contributed by atoms with Gasteiger partial charge in [0.15, 0.2) is 11.6 Å². The maximum absolute atomic E-state index is 14.7. The molecule has 4 rings (SSSR count). The predicted octanol–water partition coefficient (Wildman–Crippen LogP) is 5.70. The highest BCUT2D eigenvalue weighted by atomic mass is 19.1. The molecule has 0 unspecified atom stereocenters. The van der Waals surface area contributed by atoms with Crippen LogP contribution in [0.15, 0.2) is 36.5 Å². The Kier molecular flexibility index (Phi) is 6.32. The first-order chi connectivity index (χ1) is 16.4. The van der Waals surface area contributed by atoms with Gasteiger partial charge in [-0.3, -0.25) is 4.90 Å². The zero-order valence-electron chi connectivity index (χ0n) is 21.6. The lowest BCUT2D eigenvalue weighted by Gasteiger charge is -2.53. The number of nitrogens with zero attached hydrogens (tertiary/aromatic N) is 5. The van der Waals surface area contributed by atoms with E-state index in [1.54, 1.807) is 0 Å². The first kappa shape index (κ1) is 24.7. The number of hydrogen-bond acceptors (Lipinski definition) is 6. The second-order valence-corrected chi connectivity index (χ2v) is 10.7. The van der Waals surface area contributed by atoms with Crippen molar-refractivity contribution >= 4 is 17.5 Å². The van der Waals surface area contributed by atoms with Crippen LogP contribution in [-0.4, -0.2) is 43.6 Å². The Balaban J connectivity index is 1.56. The average Bonchev–Trinajstić information content (AvgIpc) is 3.07. The summed E-state index contributed by atoms with van der Waals surface area (Å²) in [6.45, 7) is 12.8. The summed E-state index contributed by atoms with van der Waals surface area (Å²) < 4.78 is 16.7. The molecule has 0 bridgehead atoms. The summed E-state index contributed by atoms with van der Waals surface area (Å²) >= 11 is 0. The molecule has 0 spiro atoms. The molecule has 0 amide bonds. The Morgan fingerprint density at radius 3 is 2.43 bits per heavy atom. The van der Waals surface area contributed by atoms with Crippen LogP contribution in [-0.2, 0) is 0 Å². The number of nitriles is 1. The Morgan fingerprint density at radius 2 is 1.80 bits per heavy atom. The van der Waals surface area contributed by atoms with Gasteiger partial charge in [0.1, 0.15) is 6.07 Å². The molecule has 2 aromatic heterocycles. The van der Waals surface area contributed by atoms with Crippen LogP contribution < -0.4 is 10.6 Å². The number of rotatable bonds is 5. The maximum Gasteiger partial charge on any atom is 0.229 e. The van der Waals surface area contributed by atoms with E-state index in [1.165, 1.54) is 6.20 Å². The summed E-state index contributed by atoms with van der Waals surface area (Å²) in [6.07, 6.45) is 2.95. The number of benzene rings is 1. The minimum Gasteiger partial charge on any atom is -0.365 e. The number of aryl methyl sites for hydroxylation is 1. The SMILES string of the molecule is Cc1cc(C#N)c(C)n1-c1cccc(Nc2ncc(F)c(NC3CC(C)(C)N(C)C(C)(C)C3)n2)c1. The molecular weight excluding hydrogens is 441 g/mol. The normalized spacial score (nSPS) is 17.7. The van der Waals surface area contributed by atoms with Crippen molar-refractivity contribution in [2.45, 2.75) is 71.5 Å². The Bertz CT molecular complexity index is 1270. The van der Waals surface area contributed by atoms with Crippen LogP contribution in [0.4, 0.5) is 21.8 Å². The second-order valence-electron chi connectivity index (χ2n) is 10.7. The Labute approximate surface area is 207 Å². The lowest BCUT2D eigenvalue weighted by molar-refractivity contribution is -0.00778. The molecule has 0 aliphatic carbocycles. The highest BCUT2D eigenvalue weighted by molar-refractivity contribution is 5.60. The van der Waals surface area contributed by atoms with Gasteiger partial charge in [-0.2, -0.15) is 10.2 Å². The summed E-state index contributed by atoms with van der Waals surface area (Å²) in [6, 6.07) is 12.0. The van der Waals surface area contributed by atoms with Crippen LogP contribution in [0.3, 0.4) is 0 Å². The van der Waals surface area contributed by atoms with E-state index in [0.717, 1.165) is 35.6 Å². The van der Waals surface area contributed by atoms with E-state index < -0.39 is 5.82 Å². The fourth-order valence-corrected chi connectivity index (χ4v) is 5.32. The van der Waals surface area contributed by atoms with Crippen LogP contribution in [0, 0.1) is 31.0 Å². The van der Waals surface area contributed by atoms with E-state index in [4.69, 9.17) is 0 Å². The first-order valence-electron chi connectivity index (χ1n) is 11.9. The van der Waals surface area contributed by atoms with Crippen LogP contribution in [0.25, 0.3) is 5.69 Å². The zero-order chi connectivity index (χ0) is 25.5. The number of hydrogen-bond donors (Lipinski definition) is 2. The van der Waals surface area contributed by atoms with Crippen molar-refractivity contribution < 1.29 is 4.39 Å². The molecule has 3 aromatic rings. The van der Waals surface area contributed by atoms with Gasteiger partial charge in [0.2, 0.25) is 5.95 Å². The number of likely N-dealkylation sites (tertiary alicyclic amines) is 1. The van der Waals surface area contributed by atoms with Gasteiger partial charge < -0.3 is 15.2 Å². The zero-order valence-corrected chi connectivity index (χ0v) is 21.6. The monoisotopic (exact) mass is 475 g/mol. The third-order valence-electron chi connectivity index (χ3n) is 7.30. The summed E-state index contributed by atoms with van der Waals surface area (Å²) in [4.78, 5) is 11.0. The quantitative estimate of drug-likeness (QED) is 0.492. The number of nitrogens with one attached hydrogen (secondary N) is 2. The predicted molar refractivity (Wildman–Crippen MR) is 138 cm³/mol. The molecule has 184 valence electrons. The molecule has 8 heteroatoms. The van der Waals surface area contributed by atoms with Crippen molar-refractivity contribution in [1.29, 1.82) is 5.26 Å². The van der Waals surface area contributed by atoms with Gasteiger partial charge in [-0.15, -0.1) is 0 Å². The average molecular weight is 476 g/mol. The van der Waals surface area contributed by atoms with E-state index in [0.29, 0.717) is 11.5 Å². The van der Waals surface area contributed by atoms with Crippen molar-refractivity contribution in [3.05, 3.63) is 59.3 Å². The standard InChI is InChI=1S/C27H34FN7/c1-17-11-19(15-29)18(2)35(17)22-10-8-9-20(12-22)32-25-30-16-23(28)24(33-25)31-21-13-26(3,4)34(7)27(5,6)14-21/h8-12,16,21H,13-14H2,1-7H3,(H2,30,31,32,33). The Morgan fingerprint density at radius 1 is 1.11 bits per heavy atom. The van der Waals surface area contributed by atoms with E-state index in [-0.39, 0.29) is 22.9 Å². The van der Waals surface area contributed by atoms with Gasteiger partial charge in [0, 0.05) is 39.9 Å². The van der Waals surface area contributed by atoms with Crippen molar-refractivity contribution in [1.82, 2.24) is 19.4 Å². The van der Waals surface area contributed by atoms with E-state index in [1.807, 2.05) is 48.7 Å². The third-order valence-corrected chi connectivity index (χ3v) is 7.30. The summed E-state index contributed by atoms with van der Waals surface area (Å²) in [7, 11) is 2.15. The number of aromatic nitrogens is 3. The smallest absolute Gasteiger partial charge is 0.229 e. The minimum absolute atomic E-state index is 0.0232. The highest BCUT2D eigenvalue weighted by Crippen LogP contribution is 2.38. The van der Waals surface area contributed by atoms with Crippen molar-refractivity contribution in [3.63, 3.8) is 0 Å². The van der Waals surface area contributed by atoms with Crippen molar-refractivity contribution in [3.8, 4) is 11.8 Å². The first-order valence-corrected chi connectivity index (χ1v) is 11.9. The van der Waals surface area contributed by atoms with E-state index >= 15 is 0 Å². The van der Waals surface area contributed by atoms with Crippen molar-refractivity contribution in [2.75, 3.05) is 17.7 Å². The van der Waals surface area contributed by atoms with Crippen LogP contribution >= 0.6 is 0 Å². The molecule has 0 radical (unpaired) electrons. The van der Waals surface area contributed by atoms with Gasteiger partial charge in [0.05, 0.1) is 11.8 Å². The van der Waals surface area contributed by atoms with Crippen LogP contribution in [0.2, 0.25) is 0 Å². The second kappa shape index (κ2) is 8.97. The summed E-state index contributed by atoms with van der Waals surface area (Å²) in [5.74, 6) is 0.0493. The topological polar surface area (TPSA) is 81.8 Å². The molecule has 1 aliphatic heterocycles. The fourth-order valence-electron chi connectivity index (χ4n) is 5.32. The van der Waals surface area contributed by atoms with E-state index in [9.17, 15) is 9.65 Å². The lowest BCUT2D eigenvalue weighted by Crippen LogP contribution is -2.61. The van der Waals surface area contributed by atoms with Gasteiger partial charge in [-0.25, -0.2) is 9.37 Å². The third kappa shape index (κ3) is 4.87. The lowest BCUT2D eigenvalue weighted by atomic mass is 9.77. The maximum atomic E-state index is 14.7. The van der Waals surface area contributed by atoms with E-state index in [2.05, 4.69) is 66.3 Å². The molecular formula is C27H34FN7. The van der Waals surface area contributed by atoms with Crippen molar-refractivity contribution in [2.24, 2.45) is 0 Å². The number of anilines is 3. The molecule has 0 atom stereocenters. The fraction of sp³-hybridized carbons (Fsp3) is 0.444. The molecule has 2 N–H and O–H groups in total. The molecule has 1 saturated heterocycles. The highest BCUT2D eigenvalue weighted by Gasteiger charge is 2.43. The van der Waals surface area contributed by atoms with Crippen LogP contribution in [0.1, 0.15) is 57.5 Å². The molecule has 3 heterocycles. The number of piperidine rings is 1. The molecule has 0 saturated carbocycles. The molecule has 35 heavy (non-hydrogen) atoms. The largest absolute Gasteiger partial charge is 0.365 e. The van der Waals surface area contributed by atoms with Crippen LogP contribution in [0.5, 0.6) is 0 Å². The summed E-state index contributed by atoms with van der Waals surface area (Å²) in [5, 5.41) is 15.9. The van der Waals surface area contributed by atoms with Gasteiger partial charge in [-0.05, 0) is 85.7 Å². The molecule has 1 aliphatic rings. The molecule has 1 fully saturated rings. The van der Waals surface area contributed by atoms with Gasteiger partial charge >= 0.3 is 0 Å². The number of halogens is 1. The molecule has 7 nitrogen and oxygen atoms in total. The molecule has 1 aromatic carbocycles. The van der Waals surface area contributed by atoms with Gasteiger partial charge in [0.25, 0.3) is 0 Å².